The maximum Gasteiger partial charge on any atom is 0.573 e. The molecule has 0 saturated carbocycles. The largest absolute Gasteiger partial charge is 0.573 e. The predicted octanol–water partition coefficient (Wildman–Crippen LogP) is 3.80. The maximum absolute atomic E-state index is 12.4. The van der Waals surface area contributed by atoms with Crippen LogP contribution in [-0.2, 0) is 0 Å². The third-order valence-corrected chi connectivity index (χ3v) is 3.87. The van der Waals surface area contributed by atoms with Crippen LogP contribution in [0.3, 0.4) is 0 Å². The van der Waals surface area contributed by atoms with Crippen LogP contribution in [0.4, 0.5) is 13.2 Å². The molecule has 1 aliphatic rings. The van der Waals surface area contributed by atoms with Gasteiger partial charge in [-0.05, 0) is 57.5 Å². The van der Waals surface area contributed by atoms with E-state index in [1.165, 1.54) is 18.2 Å². The van der Waals surface area contributed by atoms with Crippen LogP contribution in [0.1, 0.15) is 43.7 Å². The van der Waals surface area contributed by atoms with Crippen molar-refractivity contribution >= 4 is 5.91 Å². The number of nitrogens with one attached hydrogen (secondary N) is 2. The summed E-state index contributed by atoms with van der Waals surface area (Å²) in [6.45, 7) is 6.18. The van der Waals surface area contributed by atoms with E-state index in [1.807, 2.05) is 4.57 Å². The molecule has 0 saturated heterocycles. The van der Waals surface area contributed by atoms with E-state index >= 15 is 0 Å². The summed E-state index contributed by atoms with van der Waals surface area (Å²) in [6.07, 6.45) is -2.29. The fourth-order valence-corrected chi connectivity index (χ4v) is 2.83. The standard InChI is InChI=1S/C16H16F3N3O2.C4H10O.HNO/c17-16(18,19)24-13-3-1-2-10(6-13)11-7-14-15(23)21-8-12(4-5-20)22(14)9-11;1-4(2,3)5;1-2/h1-3,6-7,9,12H,4-5,8,20H2,(H,21,23);5H,1-3H3;1H. The Balaban J connectivity index is 0.000000605. The van der Waals surface area contributed by atoms with Crippen LogP contribution in [0.25, 0.3) is 11.1 Å². The minimum absolute atomic E-state index is 0.0334. The first kappa shape index (κ1) is 26.1. The van der Waals surface area contributed by atoms with Crippen molar-refractivity contribution in [3.63, 3.8) is 0 Å². The number of nitrogens with zero attached hydrogens (tertiary/aromatic N) is 1. The second-order valence-electron chi connectivity index (χ2n) is 7.71. The highest BCUT2D eigenvalue weighted by Gasteiger charge is 2.31. The summed E-state index contributed by atoms with van der Waals surface area (Å²) in [6, 6.07) is 7.36. The molecule has 1 amide bonds. The third-order valence-electron chi connectivity index (χ3n) is 3.87. The molecule has 5 N–H and O–H groups in total. The molecule has 31 heavy (non-hydrogen) atoms. The Morgan fingerprint density at radius 1 is 1.23 bits per heavy atom. The van der Waals surface area contributed by atoms with E-state index in [2.05, 4.69) is 15.6 Å². The molecule has 0 radical (unpaired) electrons. The molecule has 0 bridgehead atoms. The van der Waals surface area contributed by atoms with Crippen LogP contribution in [0, 0.1) is 10.5 Å². The molecule has 0 fully saturated rings. The van der Waals surface area contributed by atoms with E-state index in [-0.39, 0.29) is 17.7 Å². The molecule has 0 aliphatic carbocycles. The summed E-state index contributed by atoms with van der Waals surface area (Å²) in [4.78, 5) is 19.5. The first-order chi connectivity index (χ1) is 14.4. The zero-order valence-corrected chi connectivity index (χ0v) is 17.5. The summed E-state index contributed by atoms with van der Waals surface area (Å²) in [5.74, 6) is -0.510. The Morgan fingerprint density at radius 2 is 1.84 bits per heavy atom. The van der Waals surface area contributed by atoms with E-state index in [0.717, 1.165) is 0 Å². The molecule has 3 rings (SSSR count). The smallest absolute Gasteiger partial charge is 0.406 e. The predicted molar refractivity (Wildman–Crippen MR) is 110 cm³/mol. The fraction of sp³-hybridized carbons (Fsp3) is 0.450. The lowest BCUT2D eigenvalue weighted by atomic mass is 10.1. The van der Waals surface area contributed by atoms with Gasteiger partial charge in [-0.1, -0.05) is 17.7 Å². The Labute approximate surface area is 178 Å². The molecule has 2 heterocycles. The van der Waals surface area contributed by atoms with Crippen LogP contribution in [0.15, 0.2) is 36.5 Å². The van der Waals surface area contributed by atoms with Crippen LogP contribution in [0.2, 0.25) is 0 Å². The SMILES string of the molecule is CC(C)(C)O.N=O.NCCC1CNC(=O)c2cc(-c3cccc(OC(F)(F)F)c3)cn21. The Bertz CT molecular complexity index is 857. The maximum atomic E-state index is 12.4. The van der Waals surface area contributed by atoms with E-state index in [9.17, 15) is 18.0 Å². The molecule has 1 aromatic heterocycles. The fourth-order valence-electron chi connectivity index (χ4n) is 2.83. The van der Waals surface area contributed by atoms with Gasteiger partial charge < -0.3 is 25.5 Å². The van der Waals surface area contributed by atoms with Gasteiger partial charge in [0, 0.05) is 18.3 Å². The lowest BCUT2D eigenvalue weighted by Crippen LogP contribution is -2.39. The normalized spacial score (nSPS) is 15.5. The number of nitroso groups, excluding NO2 is 1. The number of fused-ring (bicyclic) bond motifs is 1. The third kappa shape index (κ3) is 8.77. The minimum Gasteiger partial charge on any atom is -0.406 e. The summed E-state index contributed by atoms with van der Waals surface area (Å²) >= 11 is 0. The van der Waals surface area contributed by atoms with Gasteiger partial charge in [0.25, 0.3) is 5.91 Å². The Morgan fingerprint density at radius 3 is 2.39 bits per heavy atom. The van der Waals surface area contributed by atoms with Crippen molar-refractivity contribution in [3.05, 3.63) is 47.1 Å². The average Bonchev–Trinajstić information content (AvgIpc) is 3.10. The van der Waals surface area contributed by atoms with Crippen molar-refractivity contribution < 1.29 is 27.8 Å². The number of halogens is 3. The zero-order chi connectivity index (χ0) is 23.8. The van der Waals surface area contributed by atoms with Crippen LogP contribution < -0.4 is 15.8 Å². The van der Waals surface area contributed by atoms with Crippen molar-refractivity contribution in [2.24, 2.45) is 5.73 Å². The van der Waals surface area contributed by atoms with Gasteiger partial charge in [-0.15, -0.1) is 13.2 Å². The number of amides is 1. The van der Waals surface area contributed by atoms with Crippen LogP contribution in [-0.4, -0.2) is 40.6 Å². The van der Waals surface area contributed by atoms with E-state index in [0.29, 0.717) is 36.3 Å². The van der Waals surface area contributed by atoms with Gasteiger partial charge in [0.15, 0.2) is 0 Å². The number of hydrogen-bond donors (Lipinski definition) is 4. The number of aromatic nitrogens is 1. The second kappa shape index (κ2) is 10.9. The highest BCUT2D eigenvalue weighted by Crippen LogP contribution is 2.31. The Kier molecular flexibility index (Phi) is 9.19. The number of ether oxygens (including phenoxy) is 1. The molecular weight excluding hydrogens is 417 g/mol. The topological polar surface area (TPSA) is 130 Å². The summed E-state index contributed by atoms with van der Waals surface area (Å²) < 4.78 is 42.8. The summed E-state index contributed by atoms with van der Waals surface area (Å²) in [5, 5.41) is 11.3. The molecule has 2 aromatic rings. The zero-order valence-electron chi connectivity index (χ0n) is 17.5. The first-order valence-corrected chi connectivity index (χ1v) is 9.36. The number of carbonyl (C=O) groups excluding carboxylic acids is 1. The molecule has 1 aliphatic heterocycles. The average molecular weight is 444 g/mol. The molecule has 11 heteroatoms. The number of benzene rings is 1. The van der Waals surface area contributed by atoms with E-state index in [4.69, 9.17) is 15.7 Å². The molecule has 1 aromatic carbocycles. The van der Waals surface area contributed by atoms with Crippen molar-refractivity contribution in [1.29, 1.82) is 5.59 Å². The molecule has 172 valence electrons. The lowest BCUT2D eigenvalue weighted by molar-refractivity contribution is -0.274. The molecule has 0 spiro atoms. The van der Waals surface area contributed by atoms with Gasteiger partial charge in [-0.2, -0.15) is 4.91 Å². The summed E-state index contributed by atoms with van der Waals surface area (Å²) in [7, 11) is 0. The molecule has 1 atom stereocenters. The molecule has 1 unspecified atom stereocenters. The van der Waals surface area contributed by atoms with E-state index < -0.39 is 12.0 Å². The number of alkyl halides is 3. The number of nitrogens with two attached hydrogens (primary N) is 1. The minimum atomic E-state index is -4.75. The quantitative estimate of drug-likeness (QED) is 0.533. The number of hydrogen-bond acceptors (Lipinski definition) is 6. The van der Waals surface area contributed by atoms with Gasteiger partial charge in [0.2, 0.25) is 0 Å². The van der Waals surface area contributed by atoms with Crippen LogP contribution in [0.5, 0.6) is 5.75 Å². The van der Waals surface area contributed by atoms with Gasteiger partial charge in [0.05, 0.1) is 11.6 Å². The Hall–Kier alpha value is -2.92. The second-order valence-corrected chi connectivity index (χ2v) is 7.71. The van der Waals surface area contributed by atoms with Crippen molar-refractivity contribution in [3.8, 4) is 16.9 Å². The number of aliphatic hydroxyl groups is 1. The number of rotatable bonds is 4. The molecular formula is C20H27F3N4O4. The van der Waals surface area contributed by atoms with Gasteiger partial charge in [-0.3, -0.25) is 4.79 Å². The monoisotopic (exact) mass is 444 g/mol. The number of carbonyl (C=O) groups is 1. The highest BCUT2D eigenvalue weighted by molar-refractivity contribution is 5.95. The summed E-state index contributed by atoms with van der Waals surface area (Å²) in [5.41, 5.74) is 11.3. The highest BCUT2D eigenvalue weighted by atomic mass is 19.4. The van der Waals surface area contributed by atoms with Gasteiger partial charge in [-0.25, -0.2) is 0 Å². The van der Waals surface area contributed by atoms with Crippen molar-refractivity contribution in [2.45, 2.75) is 45.2 Å². The molecule has 8 nitrogen and oxygen atoms in total. The van der Waals surface area contributed by atoms with Gasteiger partial charge in [0.1, 0.15) is 11.4 Å². The van der Waals surface area contributed by atoms with Crippen molar-refractivity contribution in [1.82, 2.24) is 9.88 Å². The van der Waals surface area contributed by atoms with E-state index in [1.54, 1.807) is 39.1 Å². The van der Waals surface area contributed by atoms with Gasteiger partial charge >= 0.3 is 6.36 Å². The first-order valence-electron chi connectivity index (χ1n) is 9.36. The van der Waals surface area contributed by atoms with Crippen molar-refractivity contribution in [2.75, 3.05) is 13.1 Å². The van der Waals surface area contributed by atoms with Crippen LogP contribution >= 0.6 is 0 Å². The lowest BCUT2D eigenvalue weighted by Gasteiger charge is -2.25.